The molecule has 0 unspecified atom stereocenters. The van der Waals surface area contributed by atoms with Crippen LogP contribution in [0.25, 0.3) is 6.08 Å². The molecule has 0 radical (unpaired) electrons. The Bertz CT molecular complexity index is 394. The van der Waals surface area contributed by atoms with E-state index in [9.17, 15) is 4.79 Å². The van der Waals surface area contributed by atoms with Crippen LogP contribution in [0, 0.1) is 5.92 Å². The Morgan fingerprint density at radius 2 is 2.12 bits per heavy atom. The Morgan fingerprint density at radius 3 is 2.76 bits per heavy atom. The van der Waals surface area contributed by atoms with Gasteiger partial charge >= 0.3 is 5.97 Å². The average Bonchev–Trinajstić information content (AvgIpc) is 2.27. The van der Waals surface area contributed by atoms with E-state index in [0.717, 1.165) is 23.8 Å². The van der Waals surface area contributed by atoms with E-state index < -0.39 is 5.97 Å². The molecule has 0 saturated heterocycles. The number of benzene rings is 1. The molecule has 92 valence electrons. The summed E-state index contributed by atoms with van der Waals surface area (Å²) in [4.78, 5) is 10.5. The summed E-state index contributed by atoms with van der Waals surface area (Å²) in [6, 6.07) is 7.42. The van der Waals surface area contributed by atoms with E-state index in [0.29, 0.717) is 12.5 Å². The molecule has 1 N–H and O–H groups in total. The van der Waals surface area contributed by atoms with Gasteiger partial charge in [-0.25, -0.2) is 4.79 Å². The van der Waals surface area contributed by atoms with Gasteiger partial charge in [-0.3, -0.25) is 0 Å². The summed E-state index contributed by atoms with van der Waals surface area (Å²) in [5.74, 6) is 0.365. The zero-order chi connectivity index (χ0) is 12.7. The molecule has 0 saturated carbocycles. The quantitative estimate of drug-likeness (QED) is 0.769. The van der Waals surface area contributed by atoms with Crippen molar-refractivity contribution in [1.29, 1.82) is 0 Å². The first-order valence-electron chi connectivity index (χ1n) is 5.72. The van der Waals surface area contributed by atoms with Crippen LogP contribution in [-0.2, 0) is 4.79 Å². The van der Waals surface area contributed by atoms with Crippen LogP contribution in [0.4, 0.5) is 0 Å². The summed E-state index contributed by atoms with van der Waals surface area (Å²) in [6.07, 6.45) is 3.65. The van der Waals surface area contributed by atoms with Crippen LogP contribution in [0.2, 0.25) is 0 Å². The molecule has 3 nitrogen and oxygen atoms in total. The summed E-state index contributed by atoms with van der Waals surface area (Å²) >= 11 is 0. The minimum Gasteiger partial charge on any atom is -0.493 e. The van der Waals surface area contributed by atoms with Crippen molar-refractivity contribution in [3.8, 4) is 5.75 Å². The number of hydrogen-bond acceptors (Lipinski definition) is 2. The molecule has 17 heavy (non-hydrogen) atoms. The van der Waals surface area contributed by atoms with Gasteiger partial charge < -0.3 is 9.84 Å². The molecule has 1 aromatic rings. The lowest BCUT2D eigenvalue weighted by Gasteiger charge is -2.10. The number of carbonyl (C=O) groups is 1. The molecule has 0 atom stereocenters. The predicted octanol–water partition coefficient (Wildman–Crippen LogP) is 3.21. The highest BCUT2D eigenvalue weighted by atomic mass is 16.5. The highest BCUT2D eigenvalue weighted by Crippen LogP contribution is 2.20. The Balaban J connectivity index is 2.67. The molecular formula is C14H18O3. The number of para-hydroxylation sites is 1. The predicted molar refractivity (Wildman–Crippen MR) is 68.1 cm³/mol. The zero-order valence-corrected chi connectivity index (χ0v) is 10.2. The molecule has 0 aliphatic heterocycles. The molecule has 0 bridgehead atoms. The van der Waals surface area contributed by atoms with Gasteiger partial charge in [0.1, 0.15) is 5.75 Å². The highest BCUT2D eigenvalue weighted by molar-refractivity contribution is 5.85. The van der Waals surface area contributed by atoms with E-state index in [2.05, 4.69) is 13.8 Å². The van der Waals surface area contributed by atoms with E-state index >= 15 is 0 Å². The molecule has 0 fully saturated rings. The second kappa shape index (κ2) is 6.74. The molecule has 0 aliphatic carbocycles. The van der Waals surface area contributed by atoms with Crippen LogP contribution >= 0.6 is 0 Å². The lowest BCUT2D eigenvalue weighted by Crippen LogP contribution is -2.02. The molecule has 0 spiro atoms. The maximum atomic E-state index is 10.5. The maximum Gasteiger partial charge on any atom is 0.328 e. The van der Waals surface area contributed by atoms with Crippen LogP contribution in [-0.4, -0.2) is 17.7 Å². The normalized spacial score (nSPS) is 11.0. The van der Waals surface area contributed by atoms with Gasteiger partial charge in [0.05, 0.1) is 6.61 Å². The fraction of sp³-hybridized carbons (Fsp3) is 0.357. The standard InChI is InChI=1S/C14H18O3/c1-11(2)9-10-17-13-6-4-3-5-12(13)7-8-14(15)16/h3-8,11H,9-10H2,1-2H3,(H,15,16)/b8-7+. The van der Waals surface area contributed by atoms with Gasteiger partial charge in [0.15, 0.2) is 0 Å². The minimum absolute atomic E-state index is 0.594. The van der Waals surface area contributed by atoms with E-state index in [1.807, 2.05) is 24.3 Å². The molecule has 1 rings (SSSR count). The molecular weight excluding hydrogens is 216 g/mol. The van der Waals surface area contributed by atoms with Gasteiger partial charge in [0, 0.05) is 11.6 Å². The molecule has 1 aromatic carbocycles. The van der Waals surface area contributed by atoms with Crippen molar-refractivity contribution in [2.75, 3.05) is 6.61 Å². The summed E-state index contributed by atoms with van der Waals surface area (Å²) in [5.41, 5.74) is 0.790. The van der Waals surface area contributed by atoms with Gasteiger partial charge in [0.2, 0.25) is 0 Å². The first-order valence-corrected chi connectivity index (χ1v) is 5.72. The van der Waals surface area contributed by atoms with Crippen molar-refractivity contribution in [2.45, 2.75) is 20.3 Å². The van der Waals surface area contributed by atoms with Crippen molar-refractivity contribution in [1.82, 2.24) is 0 Å². The fourth-order valence-electron chi connectivity index (χ4n) is 1.32. The Kier molecular flexibility index (Phi) is 5.27. The summed E-state index contributed by atoms with van der Waals surface area (Å²) in [6.45, 7) is 4.93. The molecule has 0 aromatic heterocycles. The summed E-state index contributed by atoms with van der Waals surface area (Å²) < 4.78 is 5.64. The number of carboxylic acid groups (broad SMARTS) is 1. The number of hydrogen-bond donors (Lipinski definition) is 1. The zero-order valence-electron chi connectivity index (χ0n) is 10.2. The van der Waals surface area contributed by atoms with E-state index in [-0.39, 0.29) is 0 Å². The number of carboxylic acids is 1. The number of rotatable bonds is 6. The fourth-order valence-corrected chi connectivity index (χ4v) is 1.32. The van der Waals surface area contributed by atoms with E-state index in [1.54, 1.807) is 6.08 Å². The summed E-state index contributed by atoms with van der Waals surface area (Å²) in [7, 11) is 0. The molecule has 0 heterocycles. The smallest absolute Gasteiger partial charge is 0.328 e. The molecule has 3 heteroatoms. The van der Waals surface area contributed by atoms with Crippen molar-refractivity contribution in [3.05, 3.63) is 35.9 Å². The van der Waals surface area contributed by atoms with Crippen molar-refractivity contribution in [3.63, 3.8) is 0 Å². The Hall–Kier alpha value is -1.77. The van der Waals surface area contributed by atoms with Gasteiger partial charge in [-0.1, -0.05) is 32.0 Å². The van der Waals surface area contributed by atoms with Crippen LogP contribution in [0.5, 0.6) is 5.75 Å². The molecule has 0 amide bonds. The van der Waals surface area contributed by atoms with Crippen LogP contribution in [0.15, 0.2) is 30.3 Å². The van der Waals surface area contributed by atoms with Gasteiger partial charge in [0.25, 0.3) is 0 Å². The van der Waals surface area contributed by atoms with Crippen molar-refractivity contribution < 1.29 is 14.6 Å². The third kappa shape index (κ3) is 5.20. The topological polar surface area (TPSA) is 46.5 Å². The lowest BCUT2D eigenvalue weighted by molar-refractivity contribution is -0.131. The van der Waals surface area contributed by atoms with Gasteiger partial charge in [-0.2, -0.15) is 0 Å². The number of ether oxygens (including phenoxy) is 1. The van der Waals surface area contributed by atoms with E-state index in [1.165, 1.54) is 0 Å². The first-order chi connectivity index (χ1) is 8.09. The SMILES string of the molecule is CC(C)CCOc1ccccc1/C=C/C(=O)O. The maximum absolute atomic E-state index is 10.5. The highest BCUT2D eigenvalue weighted by Gasteiger charge is 2.01. The largest absolute Gasteiger partial charge is 0.493 e. The van der Waals surface area contributed by atoms with Crippen LogP contribution in [0.3, 0.4) is 0 Å². The number of aliphatic carboxylic acids is 1. The summed E-state index contributed by atoms with van der Waals surface area (Å²) in [5, 5.41) is 8.59. The minimum atomic E-state index is -0.956. The van der Waals surface area contributed by atoms with Crippen LogP contribution in [0.1, 0.15) is 25.8 Å². The van der Waals surface area contributed by atoms with Gasteiger partial charge in [-0.15, -0.1) is 0 Å². The average molecular weight is 234 g/mol. The Labute approximate surface area is 102 Å². The molecule has 0 aliphatic rings. The Morgan fingerprint density at radius 1 is 1.41 bits per heavy atom. The van der Waals surface area contributed by atoms with E-state index in [4.69, 9.17) is 9.84 Å². The third-order valence-corrected chi connectivity index (χ3v) is 2.28. The third-order valence-electron chi connectivity index (χ3n) is 2.28. The van der Waals surface area contributed by atoms with Crippen LogP contribution < -0.4 is 4.74 Å². The van der Waals surface area contributed by atoms with Gasteiger partial charge in [-0.05, 0) is 24.5 Å². The lowest BCUT2D eigenvalue weighted by atomic mass is 10.1. The second-order valence-electron chi connectivity index (χ2n) is 4.24. The first kappa shape index (κ1) is 13.3. The second-order valence-corrected chi connectivity index (χ2v) is 4.24. The van der Waals surface area contributed by atoms with Crippen molar-refractivity contribution in [2.24, 2.45) is 5.92 Å². The van der Waals surface area contributed by atoms with Crippen molar-refractivity contribution >= 4 is 12.0 Å². The monoisotopic (exact) mass is 234 g/mol.